The van der Waals surface area contributed by atoms with Crippen LogP contribution in [0.5, 0.6) is 5.75 Å². The molecule has 0 spiro atoms. The molecule has 0 aliphatic rings. The van der Waals surface area contributed by atoms with Crippen molar-refractivity contribution < 1.29 is 9.53 Å². The van der Waals surface area contributed by atoms with E-state index >= 15 is 0 Å². The highest BCUT2D eigenvalue weighted by atomic mass is 32.1. The number of hydrogen-bond acceptors (Lipinski definition) is 6. The molecule has 150 valence electrons. The summed E-state index contributed by atoms with van der Waals surface area (Å²) in [4.78, 5) is 25.2. The average Bonchev–Trinajstić information content (AvgIpc) is 3.22. The third-order valence-electron chi connectivity index (χ3n) is 4.13. The highest BCUT2D eigenvalue weighted by molar-refractivity contribution is 7.13. The highest BCUT2D eigenvalue weighted by Gasteiger charge is 2.09. The SMILES string of the molecule is Cc1ccc(OCc2cccc(NC(=O)Nc3csc(-c4ccncc4)n3)n2)cc1. The second-order valence-corrected chi connectivity index (χ2v) is 7.33. The van der Waals surface area contributed by atoms with Crippen molar-refractivity contribution in [3.63, 3.8) is 0 Å². The molecule has 0 radical (unpaired) electrons. The fourth-order valence-corrected chi connectivity index (χ4v) is 3.40. The van der Waals surface area contributed by atoms with Crippen molar-refractivity contribution in [2.24, 2.45) is 0 Å². The van der Waals surface area contributed by atoms with Gasteiger partial charge in [0.2, 0.25) is 0 Å². The first kappa shape index (κ1) is 19.5. The Morgan fingerprint density at radius 1 is 0.967 bits per heavy atom. The molecule has 0 saturated heterocycles. The summed E-state index contributed by atoms with van der Waals surface area (Å²) in [6.45, 7) is 2.33. The molecule has 1 aromatic carbocycles. The Kier molecular flexibility index (Phi) is 5.95. The number of thiazole rings is 1. The van der Waals surface area contributed by atoms with Crippen LogP contribution in [0.3, 0.4) is 0 Å². The maximum Gasteiger partial charge on any atom is 0.326 e. The number of anilines is 2. The van der Waals surface area contributed by atoms with Crippen LogP contribution in [0, 0.1) is 6.92 Å². The van der Waals surface area contributed by atoms with Crippen LogP contribution >= 0.6 is 11.3 Å². The van der Waals surface area contributed by atoms with Crippen LogP contribution in [0.1, 0.15) is 11.3 Å². The van der Waals surface area contributed by atoms with E-state index in [-0.39, 0.29) is 0 Å². The van der Waals surface area contributed by atoms with E-state index in [1.807, 2.05) is 55.5 Å². The van der Waals surface area contributed by atoms with Gasteiger partial charge in [-0.15, -0.1) is 11.3 Å². The van der Waals surface area contributed by atoms with Crippen molar-refractivity contribution in [3.05, 3.63) is 83.6 Å². The molecule has 2 amide bonds. The van der Waals surface area contributed by atoms with Gasteiger partial charge in [0.25, 0.3) is 0 Å². The molecule has 8 heteroatoms. The number of amides is 2. The smallest absolute Gasteiger partial charge is 0.326 e. The standard InChI is InChI=1S/C22H19N5O2S/c1-15-5-7-18(8-6-15)29-13-17-3-2-4-19(24-17)26-22(28)27-20-14-30-21(25-20)16-9-11-23-12-10-16/h2-12,14H,13H2,1H3,(H2,24,26,27,28). The third kappa shape index (κ3) is 5.18. The zero-order chi connectivity index (χ0) is 20.8. The molecule has 3 heterocycles. The maximum absolute atomic E-state index is 12.3. The van der Waals surface area contributed by atoms with Crippen LogP contribution in [0.4, 0.5) is 16.4 Å². The lowest BCUT2D eigenvalue weighted by molar-refractivity contribution is 0.262. The molecule has 0 saturated carbocycles. The first-order valence-electron chi connectivity index (χ1n) is 9.25. The zero-order valence-electron chi connectivity index (χ0n) is 16.2. The van der Waals surface area contributed by atoms with Crippen LogP contribution < -0.4 is 15.4 Å². The predicted octanol–water partition coefficient (Wildman–Crippen LogP) is 5.13. The summed E-state index contributed by atoms with van der Waals surface area (Å²) in [6.07, 6.45) is 3.41. The van der Waals surface area contributed by atoms with Gasteiger partial charge in [-0.3, -0.25) is 15.6 Å². The maximum atomic E-state index is 12.3. The molecule has 0 aliphatic carbocycles. The van der Waals surface area contributed by atoms with E-state index in [0.717, 1.165) is 16.3 Å². The number of carbonyl (C=O) groups excluding carboxylic acids is 1. The van der Waals surface area contributed by atoms with Gasteiger partial charge in [-0.1, -0.05) is 23.8 Å². The van der Waals surface area contributed by atoms with Gasteiger partial charge < -0.3 is 4.74 Å². The van der Waals surface area contributed by atoms with Crippen LogP contribution in [0.15, 0.2) is 72.4 Å². The monoisotopic (exact) mass is 417 g/mol. The molecule has 3 aromatic heterocycles. The van der Waals surface area contributed by atoms with E-state index in [4.69, 9.17) is 4.74 Å². The minimum atomic E-state index is -0.411. The molecular formula is C22H19N5O2S. The number of hydrogen-bond donors (Lipinski definition) is 2. The molecular weight excluding hydrogens is 398 g/mol. The molecule has 0 atom stereocenters. The van der Waals surface area contributed by atoms with Gasteiger partial charge in [0.05, 0.1) is 5.69 Å². The summed E-state index contributed by atoms with van der Waals surface area (Å²) in [5.41, 5.74) is 2.83. The van der Waals surface area contributed by atoms with Gasteiger partial charge in [0.15, 0.2) is 0 Å². The lowest BCUT2D eigenvalue weighted by atomic mass is 10.2. The second kappa shape index (κ2) is 9.15. The Bertz CT molecular complexity index is 1130. The lowest BCUT2D eigenvalue weighted by Crippen LogP contribution is -2.20. The van der Waals surface area contributed by atoms with Gasteiger partial charge in [-0.05, 0) is 43.3 Å². The van der Waals surface area contributed by atoms with E-state index in [2.05, 4.69) is 25.6 Å². The Labute approximate surface area is 177 Å². The number of carbonyl (C=O) groups is 1. The van der Waals surface area contributed by atoms with Gasteiger partial charge in [-0.25, -0.2) is 14.8 Å². The van der Waals surface area contributed by atoms with E-state index in [1.165, 1.54) is 16.9 Å². The zero-order valence-corrected chi connectivity index (χ0v) is 17.0. The average molecular weight is 417 g/mol. The summed E-state index contributed by atoms with van der Waals surface area (Å²) in [5, 5.41) is 8.04. The number of nitrogens with one attached hydrogen (secondary N) is 2. The number of ether oxygens (including phenoxy) is 1. The van der Waals surface area contributed by atoms with Crippen molar-refractivity contribution in [2.45, 2.75) is 13.5 Å². The summed E-state index contributed by atoms with van der Waals surface area (Å²) in [5.74, 6) is 1.68. The van der Waals surface area contributed by atoms with Gasteiger partial charge in [-0.2, -0.15) is 0 Å². The topological polar surface area (TPSA) is 89.0 Å². The Morgan fingerprint density at radius 2 is 1.73 bits per heavy atom. The molecule has 2 N–H and O–H groups in total. The molecule has 0 aliphatic heterocycles. The fraction of sp³-hybridized carbons (Fsp3) is 0.0909. The molecule has 7 nitrogen and oxygen atoms in total. The molecule has 0 bridgehead atoms. The number of aromatic nitrogens is 3. The molecule has 0 fully saturated rings. The predicted molar refractivity (Wildman–Crippen MR) is 118 cm³/mol. The third-order valence-corrected chi connectivity index (χ3v) is 5.02. The van der Waals surface area contributed by atoms with E-state index in [1.54, 1.807) is 23.8 Å². The second-order valence-electron chi connectivity index (χ2n) is 6.47. The number of aryl methyl sites for hydroxylation is 1. The summed E-state index contributed by atoms with van der Waals surface area (Å²) >= 11 is 1.45. The first-order chi connectivity index (χ1) is 14.7. The normalized spacial score (nSPS) is 10.4. The van der Waals surface area contributed by atoms with E-state index < -0.39 is 6.03 Å². The Balaban J connectivity index is 1.34. The molecule has 4 rings (SSSR count). The fourth-order valence-electron chi connectivity index (χ4n) is 2.64. The van der Waals surface area contributed by atoms with Crippen LogP contribution in [0.25, 0.3) is 10.6 Å². The number of nitrogens with zero attached hydrogens (tertiary/aromatic N) is 3. The quantitative estimate of drug-likeness (QED) is 0.454. The van der Waals surface area contributed by atoms with Crippen molar-refractivity contribution in [2.75, 3.05) is 10.6 Å². The molecule has 30 heavy (non-hydrogen) atoms. The first-order valence-corrected chi connectivity index (χ1v) is 10.1. The minimum absolute atomic E-state index is 0.307. The van der Waals surface area contributed by atoms with Crippen molar-refractivity contribution in [3.8, 4) is 16.3 Å². The van der Waals surface area contributed by atoms with Crippen LogP contribution in [0.2, 0.25) is 0 Å². The largest absolute Gasteiger partial charge is 0.487 e. The van der Waals surface area contributed by atoms with Crippen molar-refractivity contribution in [1.29, 1.82) is 0 Å². The van der Waals surface area contributed by atoms with Crippen molar-refractivity contribution in [1.82, 2.24) is 15.0 Å². The number of pyridine rings is 2. The summed E-state index contributed by atoms with van der Waals surface area (Å²) < 4.78 is 5.74. The lowest BCUT2D eigenvalue weighted by Gasteiger charge is -2.08. The summed E-state index contributed by atoms with van der Waals surface area (Å²) in [6, 6.07) is 16.5. The Morgan fingerprint density at radius 3 is 2.53 bits per heavy atom. The van der Waals surface area contributed by atoms with Crippen LogP contribution in [-0.2, 0) is 6.61 Å². The molecule has 4 aromatic rings. The van der Waals surface area contributed by atoms with Gasteiger partial charge >= 0.3 is 6.03 Å². The molecule has 0 unspecified atom stereocenters. The highest BCUT2D eigenvalue weighted by Crippen LogP contribution is 2.25. The van der Waals surface area contributed by atoms with Crippen LogP contribution in [-0.4, -0.2) is 21.0 Å². The Hall–Kier alpha value is -3.78. The van der Waals surface area contributed by atoms with E-state index in [9.17, 15) is 4.79 Å². The summed E-state index contributed by atoms with van der Waals surface area (Å²) in [7, 11) is 0. The van der Waals surface area contributed by atoms with Gasteiger partial charge in [0, 0.05) is 23.3 Å². The number of benzene rings is 1. The van der Waals surface area contributed by atoms with Crippen molar-refractivity contribution >= 4 is 29.0 Å². The minimum Gasteiger partial charge on any atom is -0.487 e. The number of urea groups is 1. The number of rotatable bonds is 6. The van der Waals surface area contributed by atoms with E-state index in [0.29, 0.717) is 23.9 Å². The van der Waals surface area contributed by atoms with Gasteiger partial charge in [0.1, 0.15) is 29.0 Å².